The first-order valence-corrected chi connectivity index (χ1v) is 10.6. The summed E-state index contributed by atoms with van der Waals surface area (Å²) < 4.78 is 10.1. The molecule has 2 N–H and O–H groups in total. The summed E-state index contributed by atoms with van der Waals surface area (Å²) in [6.07, 6.45) is 1.36. The molecule has 2 aromatic carbocycles. The normalized spacial score (nSPS) is 15.5. The van der Waals surface area contributed by atoms with E-state index in [0.717, 1.165) is 0 Å². The third kappa shape index (κ3) is 5.64. The van der Waals surface area contributed by atoms with Crippen molar-refractivity contribution in [2.24, 2.45) is 5.92 Å². The van der Waals surface area contributed by atoms with Crippen molar-refractivity contribution in [3.63, 3.8) is 0 Å². The van der Waals surface area contributed by atoms with Crippen molar-refractivity contribution in [2.75, 3.05) is 37.9 Å². The van der Waals surface area contributed by atoms with E-state index in [4.69, 9.17) is 9.47 Å². The minimum absolute atomic E-state index is 0.0962. The fourth-order valence-electron chi connectivity index (χ4n) is 3.75. The van der Waals surface area contributed by atoms with Gasteiger partial charge in [-0.1, -0.05) is 12.1 Å². The lowest BCUT2D eigenvalue weighted by atomic mass is 9.96. The highest BCUT2D eigenvalue weighted by atomic mass is 16.5. The Balaban J connectivity index is 1.54. The molecule has 3 rings (SSSR count). The average molecular weight is 440 g/mol. The number of nitrogens with one attached hydrogen (secondary N) is 2. The molecule has 0 spiro atoms. The van der Waals surface area contributed by atoms with E-state index >= 15 is 0 Å². The predicted molar refractivity (Wildman–Crippen MR) is 122 cm³/mol. The monoisotopic (exact) mass is 439 g/mol. The number of rotatable bonds is 7. The largest absolute Gasteiger partial charge is 0.495 e. The van der Waals surface area contributed by atoms with Crippen LogP contribution in [0.4, 0.5) is 11.4 Å². The van der Waals surface area contributed by atoms with Crippen LogP contribution in [0.2, 0.25) is 0 Å². The van der Waals surface area contributed by atoms with Crippen LogP contribution in [0.25, 0.3) is 0 Å². The molecule has 0 aliphatic carbocycles. The van der Waals surface area contributed by atoms with Crippen LogP contribution in [-0.4, -0.2) is 56.0 Å². The van der Waals surface area contributed by atoms with Gasteiger partial charge in [0.05, 0.1) is 31.9 Å². The Morgan fingerprint density at radius 2 is 1.62 bits per heavy atom. The molecule has 1 aliphatic heterocycles. The lowest BCUT2D eigenvalue weighted by molar-refractivity contribution is -0.147. The topological polar surface area (TPSA) is 97.0 Å². The number of amides is 2. The van der Waals surface area contributed by atoms with E-state index in [1.807, 2.05) is 19.1 Å². The summed E-state index contributed by atoms with van der Waals surface area (Å²) in [4.78, 5) is 38.9. The van der Waals surface area contributed by atoms with Crippen LogP contribution in [0, 0.1) is 5.92 Å². The number of hydrogen-bond donors (Lipinski definition) is 2. The second-order valence-electron chi connectivity index (χ2n) is 7.73. The molecule has 0 radical (unpaired) electrons. The number of hydrogen-bond acceptors (Lipinski definition) is 6. The summed E-state index contributed by atoms with van der Waals surface area (Å²) in [5.41, 5.74) is 1.66. The molecule has 8 nitrogen and oxygen atoms in total. The number of anilines is 2. The van der Waals surface area contributed by atoms with Crippen molar-refractivity contribution in [1.29, 1.82) is 0 Å². The minimum atomic E-state index is -0.331. The third-order valence-corrected chi connectivity index (χ3v) is 5.76. The number of ether oxygens (including phenoxy) is 2. The fraction of sp³-hybridized carbons (Fsp3) is 0.375. The number of benzene rings is 2. The Labute approximate surface area is 187 Å². The number of esters is 1. The van der Waals surface area contributed by atoms with Crippen molar-refractivity contribution in [2.45, 2.75) is 25.8 Å². The number of nitrogens with zero attached hydrogens (tertiary/aromatic N) is 1. The zero-order valence-electron chi connectivity index (χ0n) is 18.6. The standard InChI is InChI=1S/C24H29N3O5/c1-16(27-14-12-18(13-15-27)24(30)32-3)22(28)25-19-10-8-17(9-11-19)23(29)26-20-6-4-5-7-21(20)31-2/h4-11,16,18H,12-15H2,1-3H3,(H,25,28)(H,26,29)/t16-/m1/s1. The van der Waals surface area contributed by atoms with Crippen molar-refractivity contribution >= 4 is 29.2 Å². The quantitative estimate of drug-likeness (QED) is 0.644. The minimum Gasteiger partial charge on any atom is -0.495 e. The third-order valence-electron chi connectivity index (χ3n) is 5.76. The van der Waals surface area contributed by atoms with Crippen molar-refractivity contribution in [1.82, 2.24) is 4.90 Å². The molecule has 1 aliphatic rings. The molecule has 1 atom stereocenters. The van der Waals surface area contributed by atoms with E-state index < -0.39 is 0 Å². The highest BCUT2D eigenvalue weighted by molar-refractivity contribution is 6.05. The second kappa shape index (κ2) is 10.8. The number of carbonyl (C=O) groups excluding carboxylic acids is 3. The molecule has 170 valence electrons. The van der Waals surface area contributed by atoms with Gasteiger partial charge in [0.15, 0.2) is 0 Å². The number of carbonyl (C=O) groups is 3. The Bertz CT molecular complexity index is 952. The molecule has 1 heterocycles. The average Bonchev–Trinajstić information content (AvgIpc) is 2.83. The van der Waals surface area contributed by atoms with Gasteiger partial charge in [0.2, 0.25) is 5.91 Å². The zero-order chi connectivity index (χ0) is 23.1. The molecule has 0 aromatic heterocycles. The van der Waals surface area contributed by atoms with Crippen LogP contribution >= 0.6 is 0 Å². The number of para-hydroxylation sites is 2. The summed E-state index contributed by atoms with van der Waals surface area (Å²) in [5, 5.41) is 5.72. The first-order valence-electron chi connectivity index (χ1n) is 10.6. The summed E-state index contributed by atoms with van der Waals surface area (Å²) in [6, 6.07) is 13.6. The first kappa shape index (κ1) is 23.3. The van der Waals surface area contributed by atoms with Gasteiger partial charge in [-0.25, -0.2) is 0 Å². The van der Waals surface area contributed by atoms with E-state index in [1.165, 1.54) is 7.11 Å². The maximum absolute atomic E-state index is 12.7. The van der Waals surface area contributed by atoms with Crippen molar-refractivity contribution in [3.8, 4) is 5.75 Å². The molecule has 1 saturated heterocycles. The van der Waals surface area contributed by atoms with E-state index in [-0.39, 0.29) is 29.7 Å². The fourth-order valence-corrected chi connectivity index (χ4v) is 3.75. The molecule has 8 heteroatoms. The molecule has 0 saturated carbocycles. The van der Waals surface area contributed by atoms with Gasteiger partial charge in [-0.05, 0) is 69.3 Å². The molecule has 2 aromatic rings. The Morgan fingerprint density at radius 1 is 0.969 bits per heavy atom. The van der Waals surface area contributed by atoms with Gasteiger partial charge in [-0.3, -0.25) is 19.3 Å². The van der Waals surface area contributed by atoms with Crippen LogP contribution in [0.15, 0.2) is 48.5 Å². The first-order chi connectivity index (χ1) is 15.4. The lowest BCUT2D eigenvalue weighted by Gasteiger charge is -2.34. The lowest BCUT2D eigenvalue weighted by Crippen LogP contribution is -2.47. The summed E-state index contributed by atoms with van der Waals surface area (Å²) in [5.74, 6) is -0.103. The molecule has 0 unspecified atom stereocenters. The van der Waals surface area contributed by atoms with Crippen LogP contribution < -0.4 is 15.4 Å². The summed E-state index contributed by atoms with van der Waals surface area (Å²) in [6.45, 7) is 3.18. The highest BCUT2D eigenvalue weighted by Gasteiger charge is 2.30. The van der Waals surface area contributed by atoms with Crippen molar-refractivity contribution < 1.29 is 23.9 Å². The number of likely N-dealkylation sites (tertiary alicyclic amines) is 1. The predicted octanol–water partition coefficient (Wildman–Crippen LogP) is 3.16. The zero-order valence-corrected chi connectivity index (χ0v) is 18.6. The summed E-state index contributed by atoms with van der Waals surface area (Å²) in [7, 11) is 2.95. The van der Waals surface area contributed by atoms with Gasteiger partial charge >= 0.3 is 5.97 Å². The van der Waals surface area contributed by atoms with E-state index in [0.29, 0.717) is 48.6 Å². The molecular formula is C24H29N3O5. The van der Waals surface area contributed by atoms with Gasteiger partial charge in [-0.15, -0.1) is 0 Å². The number of piperidine rings is 1. The Morgan fingerprint density at radius 3 is 2.25 bits per heavy atom. The highest BCUT2D eigenvalue weighted by Crippen LogP contribution is 2.24. The van der Waals surface area contributed by atoms with Crippen molar-refractivity contribution in [3.05, 3.63) is 54.1 Å². The molecule has 0 bridgehead atoms. The molecule has 2 amide bonds. The second-order valence-corrected chi connectivity index (χ2v) is 7.73. The van der Waals surface area contributed by atoms with Crippen LogP contribution in [-0.2, 0) is 14.3 Å². The molecular weight excluding hydrogens is 410 g/mol. The Hall–Kier alpha value is -3.39. The van der Waals surface area contributed by atoms with E-state index in [1.54, 1.807) is 43.5 Å². The maximum atomic E-state index is 12.7. The SMILES string of the molecule is COC(=O)C1CCN([C@H](C)C(=O)Nc2ccc(C(=O)Nc3ccccc3OC)cc2)CC1. The van der Waals surface area contributed by atoms with Gasteiger partial charge in [-0.2, -0.15) is 0 Å². The van der Waals surface area contributed by atoms with Crippen LogP contribution in [0.5, 0.6) is 5.75 Å². The van der Waals surface area contributed by atoms with Gasteiger partial charge in [0.1, 0.15) is 5.75 Å². The van der Waals surface area contributed by atoms with Gasteiger partial charge < -0.3 is 20.1 Å². The van der Waals surface area contributed by atoms with E-state index in [2.05, 4.69) is 15.5 Å². The molecule has 1 fully saturated rings. The smallest absolute Gasteiger partial charge is 0.308 e. The number of methoxy groups -OCH3 is 2. The van der Waals surface area contributed by atoms with Crippen LogP contribution in [0.3, 0.4) is 0 Å². The summed E-state index contributed by atoms with van der Waals surface area (Å²) >= 11 is 0. The van der Waals surface area contributed by atoms with Gasteiger partial charge in [0, 0.05) is 11.3 Å². The Kier molecular flexibility index (Phi) is 7.83. The van der Waals surface area contributed by atoms with Crippen LogP contribution in [0.1, 0.15) is 30.1 Å². The maximum Gasteiger partial charge on any atom is 0.308 e. The van der Waals surface area contributed by atoms with Gasteiger partial charge in [0.25, 0.3) is 5.91 Å². The van der Waals surface area contributed by atoms with E-state index in [9.17, 15) is 14.4 Å². The molecule has 32 heavy (non-hydrogen) atoms.